The van der Waals surface area contributed by atoms with Crippen molar-refractivity contribution >= 4 is 9.84 Å². The molecule has 0 bridgehead atoms. The van der Waals surface area contributed by atoms with Crippen molar-refractivity contribution in [2.75, 3.05) is 12.3 Å². The van der Waals surface area contributed by atoms with E-state index in [-0.39, 0.29) is 5.25 Å². The van der Waals surface area contributed by atoms with Crippen LogP contribution in [0, 0.1) is 5.92 Å². The van der Waals surface area contributed by atoms with Crippen LogP contribution in [0.5, 0.6) is 0 Å². The Morgan fingerprint density at radius 3 is 2.62 bits per heavy atom. The summed E-state index contributed by atoms with van der Waals surface area (Å²) in [6, 6.07) is 11.2. The minimum absolute atomic E-state index is 0.134. The maximum atomic E-state index is 11.8. The van der Waals surface area contributed by atoms with Gasteiger partial charge in [0.05, 0.1) is 11.0 Å². The van der Waals surface area contributed by atoms with E-state index in [0.29, 0.717) is 18.3 Å². The van der Waals surface area contributed by atoms with E-state index in [1.165, 1.54) is 24.8 Å². The lowest BCUT2D eigenvalue weighted by Gasteiger charge is -2.16. The van der Waals surface area contributed by atoms with Gasteiger partial charge < -0.3 is 5.32 Å². The molecule has 1 aromatic rings. The molecular weight excluding hydrogens is 282 g/mol. The predicted molar refractivity (Wildman–Crippen MR) is 86.1 cm³/mol. The summed E-state index contributed by atoms with van der Waals surface area (Å²) < 4.78 is 23.7. The number of benzene rings is 1. The van der Waals surface area contributed by atoms with E-state index in [4.69, 9.17) is 0 Å². The summed E-state index contributed by atoms with van der Waals surface area (Å²) in [5, 5.41) is 3.38. The lowest BCUT2D eigenvalue weighted by molar-refractivity contribution is 0.476. The highest BCUT2D eigenvalue weighted by Crippen LogP contribution is 2.29. The first kappa shape index (κ1) is 15.0. The topological polar surface area (TPSA) is 46.2 Å². The van der Waals surface area contributed by atoms with E-state index in [1.807, 2.05) is 0 Å². The molecule has 1 aliphatic heterocycles. The van der Waals surface area contributed by atoms with Gasteiger partial charge in [0.2, 0.25) is 0 Å². The number of hydrogen-bond donors (Lipinski definition) is 1. The fraction of sp³-hybridized carbons (Fsp3) is 0.647. The van der Waals surface area contributed by atoms with Crippen LogP contribution in [-0.4, -0.2) is 32.0 Å². The predicted octanol–water partition coefficient (Wildman–Crippen LogP) is 2.56. The van der Waals surface area contributed by atoms with E-state index in [0.717, 1.165) is 25.2 Å². The highest BCUT2D eigenvalue weighted by Gasteiger charge is 2.32. The van der Waals surface area contributed by atoms with Crippen molar-refractivity contribution in [3.05, 3.63) is 35.9 Å². The zero-order valence-electron chi connectivity index (χ0n) is 12.5. The lowest BCUT2D eigenvalue weighted by atomic mass is 9.98. The first-order valence-corrected chi connectivity index (χ1v) is 9.84. The molecule has 1 saturated heterocycles. The third kappa shape index (κ3) is 3.86. The molecule has 0 amide bonds. The van der Waals surface area contributed by atoms with Crippen molar-refractivity contribution < 1.29 is 8.42 Å². The van der Waals surface area contributed by atoms with Gasteiger partial charge in [0.1, 0.15) is 0 Å². The van der Waals surface area contributed by atoms with E-state index in [9.17, 15) is 8.42 Å². The molecule has 0 radical (unpaired) electrons. The van der Waals surface area contributed by atoms with Crippen LogP contribution in [0.25, 0.3) is 0 Å². The average molecular weight is 307 g/mol. The van der Waals surface area contributed by atoms with Crippen LogP contribution in [0.15, 0.2) is 30.3 Å². The monoisotopic (exact) mass is 307 g/mol. The number of nitrogens with one attached hydrogen (secondary N) is 1. The first-order valence-electron chi connectivity index (χ1n) is 8.12. The van der Waals surface area contributed by atoms with Crippen LogP contribution in [0.1, 0.15) is 37.7 Å². The molecule has 1 aromatic carbocycles. The van der Waals surface area contributed by atoms with E-state index in [1.54, 1.807) is 0 Å². The standard InChI is InChI=1S/C17H25NO2S/c19-21(20)10-4-7-17(21)13-18-16-9-8-15(12-16)11-14-5-2-1-3-6-14/h1-3,5-6,15-18H,4,7-13H2/t15-,16-,17+/m0/s1. The van der Waals surface area contributed by atoms with Gasteiger partial charge in [-0.2, -0.15) is 0 Å². The molecular formula is C17H25NO2S. The molecule has 1 saturated carbocycles. The second-order valence-electron chi connectivity index (χ2n) is 6.61. The lowest BCUT2D eigenvalue weighted by Crippen LogP contribution is -2.36. The molecule has 0 spiro atoms. The van der Waals surface area contributed by atoms with Crippen LogP contribution < -0.4 is 5.32 Å². The Morgan fingerprint density at radius 2 is 1.90 bits per heavy atom. The van der Waals surface area contributed by atoms with Gasteiger partial charge >= 0.3 is 0 Å². The largest absolute Gasteiger partial charge is 0.313 e. The summed E-state index contributed by atoms with van der Waals surface area (Å²) >= 11 is 0. The Hall–Kier alpha value is -0.870. The van der Waals surface area contributed by atoms with Crippen molar-refractivity contribution in [1.82, 2.24) is 5.32 Å². The van der Waals surface area contributed by atoms with Crippen LogP contribution in [0.4, 0.5) is 0 Å². The van der Waals surface area contributed by atoms with Gasteiger partial charge in [-0.3, -0.25) is 0 Å². The third-order valence-electron chi connectivity index (χ3n) is 5.01. The molecule has 4 heteroatoms. The van der Waals surface area contributed by atoms with Crippen LogP contribution in [0.3, 0.4) is 0 Å². The summed E-state index contributed by atoms with van der Waals surface area (Å²) in [5.41, 5.74) is 1.42. The normalized spacial score (nSPS) is 31.5. The molecule has 0 aromatic heterocycles. The molecule has 3 nitrogen and oxygen atoms in total. The first-order chi connectivity index (χ1) is 10.1. The highest BCUT2D eigenvalue weighted by atomic mass is 32.2. The molecule has 3 rings (SSSR count). The van der Waals surface area contributed by atoms with Crippen molar-refractivity contribution in [2.45, 2.75) is 49.8 Å². The second-order valence-corrected chi connectivity index (χ2v) is 9.01. The molecule has 3 atom stereocenters. The summed E-state index contributed by atoms with van der Waals surface area (Å²) in [7, 11) is -2.80. The number of sulfone groups is 1. The molecule has 1 heterocycles. The zero-order chi connectivity index (χ0) is 14.7. The SMILES string of the molecule is O=S1(=O)CCC[C@@H]1CN[C@H]1CC[C@@H](Cc2ccccc2)C1. The van der Waals surface area contributed by atoms with E-state index < -0.39 is 9.84 Å². The summed E-state index contributed by atoms with van der Waals surface area (Å²) in [6.07, 6.45) is 6.46. The smallest absolute Gasteiger partial charge is 0.154 e. The Balaban J connectivity index is 1.45. The minimum atomic E-state index is -2.80. The highest BCUT2D eigenvalue weighted by molar-refractivity contribution is 7.92. The fourth-order valence-electron chi connectivity index (χ4n) is 3.78. The van der Waals surface area contributed by atoms with Crippen LogP contribution >= 0.6 is 0 Å². The molecule has 2 aliphatic rings. The Kier molecular flexibility index (Phi) is 4.65. The quantitative estimate of drug-likeness (QED) is 0.909. The summed E-state index contributed by atoms with van der Waals surface area (Å²) in [5.74, 6) is 1.13. The molecule has 2 fully saturated rings. The molecule has 116 valence electrons. The minimum Gasteiger partial charge on any atom is -0.313 e. The molecule has 1 aliphatic carbocycles. The summed E-state index contributed by atoms with van der Waals surface area (Å²) in [4.78, 5) is 0. The average Bonchev–Trinajstić information content (AvgIpc) is 3.04. The Morgan fingerprint density at radius 1 is 1.10 bits per heavy atom. The number of hydrogen-bond acceptors (Lipinski definition) is 3. The maximum Gasteiger partial charge on any atom is 0.154 e. The van der Waals surface area contributed by atoms with Gasteiger partial charge in [-0.1, -0.05) is 30.3 Å². The second kappa shape index (κ2) is 6.49. The van der Waals surface area contributed by atoms with Gasteiger partial charge in [-0.15, -0.1) is 0 Å². The van der Waals surface area contributed by atoms with Crippen molar-refractivity contribution in [3.63, 3.8) is 0 Å². The molecule has 0 unspecified atom stereocenters. The van der Waals surface area contributed by atoms with Crippen molar-refractivity contribution in [2.24, 2.45) is 5.92 Å². The van der Waals surface area contributed by atoms with Gasteiger partial charge in [0, 0.05) is 12.6 Å². The van der Waals surface area contributed by atoms with E-state index in [2.05, 4.69) is 35.6 Å². The van der Waals surface area contributed by atoms with Gasteiger partial charge in [0.15, 0.2) is 9.84 Å². The third-order valence-corrected chi connectivity index (χ3v) is 7.28. The van der Waals surface area contributed by atoms with Gasteiger partial charge in [-0.05, 0) is 50.0 Å². The van der Waals surface area contributed by atoms with Crippen molar-refractivity contribution in [1.29, 1.82) is 0 Å². The van der Waals surface area contributed by atoms with Crippen LogP contribution in [0.2, 0.25) is 0 Å². The van der Waals surface area contributed by atoms with Gasteiger partial charge in [-0.25, -0.2) is 8.42 Å². The Bertz CT molecular complexity index is 555. The summed E-state index contributed by atoms with van der Waals surface area (Å²) in [6.45, 7) is 0.658. The Labute approximate surface area is 128 Å². The number of rotatable bonds is 5. The van der Waals surface area contributed by atoms with E-state index >= 15 is 0 Å². The molecule has 1 N–H and O–H groups in total. The fourth-order valence-corrected chi connectivity index (χ4v) is 5.56. The van der Waals surface area contributed by atoms with Gasteiger partial charge in [0.25, 0.3) is 0 Å². The van der Waals surface area contributed by atoms with Crippen molar-refractivity contribution in [3.8, 4) is 0 Å². The van der Waals surface area contributed by atoms with Crippen LogP contribution in [-0.2, 0) is 16.3 Å². The molecule has 21 heavy (non-hydrogen) atoms. The maximum absolute atomic E-state index is 11.8. The zero-order valence-corrected chi connectivity index (χ0v) is 13.3.